The molecule has 5 rings (SSSR count). The molecule has 2 nitrogen and oxygen atoms in total. The highest BCUT2D eigenvalue weighted by Gasteiger charge is 2.40. The van der Waals surface area contributed by atoms with Crippen molar-refractivity contribution in [2.45, 2.75) is 38.1 Å². The van der Waals surface area contributed by atoms with Crippen molar-refractivity contribution in [3.8, 4) is 0 Å². The minimum absolute atomic E-state index is 0.312. The molecule has 1 heterocycles. The molecule has 2 bridgehead atoms. The van der Waals surface area contributed by atoms with Gasteiger partial charge in [0, 0.05) is 12.6 Å². The molecule has 130 valence electrons. The Bertz CT molecular complexity index is 824. The quantitative estimate of drug-likeness (QED) is 0.892. The van der Waals surface area contributed by atoms with Crippen LogP contribution in [0.25, 0.3) is 16.3 Å². The number of allylic oxidation sites excluding steroid dienone is 1. The Morgan fingerprint density at radius 3 is 2.68 bits per heavy atom. The van der Waals surface area contributed by atoms with Crippen LogP contribution >= 0.6 is 0 Å². The lowest BCUT2D eigenvalue weighted by Gasteiger charge is -2.28. The Balaban J connectivity index is 1.54. The molecular weight excluding hydrogens is 306 g/mol. The fraction of sp³-hybridized carbons (Fsp3) is 0.478. The van der Waals surface area contributed by atoms with Gasteiger partial charge in [0.1, 0.15) is 0 Å². The van der Waals surface area contributed by atoms with Gasteiger partial charge < -0.3 is 5.11 Å². The molecule has 3 unspecified atom stereocenters. The van der Waals surface area contributed by atoms with Gasteiger partial charge in [0.15, 0.2) is 0 Å². The van der Waals surface area contributed by atoms with Crippen LogP contribution in [0.15, 0.2) is 48.0 Å². The van der Waals surface area contributed by atoms with Crippen molar-refractivity contribution in [3.63, 3.8) is 0 Å². The lowest BCUT2D eigenvalue weighted by molar-refractivity contribution is 0.165. The zero-order valence-electron chi connectivity index (χ0n) is 14.8. The molecule has 2 aliphatic carbocycles. The Kier molecular flexibility index (Phi) is 3.91. The van der Waals surface area contributed by atoms with Gasteiger partial charge in [-0.3, -0.25) is 4.90 Å². The van der Waals surface area contributed by atoms with Crippen LogP contribution in [0.4, 0.5) is 0 Å². The van der Waals surface area contributed by atoms with Crippen molar-refractivity contribution in [2.75, 3.05) is 19.7 Å². The van der Waals surface area contributed by atoms with E-state index in [0.717, 1.165) is 31.3 Å². The third-order valence-corrected chi connectivity index (χ3v) is 6.82. The predicted octanol–water partition coefficient (Wildman–Crippen LogP) is 4.48. The SMILES string of the molecule is OCC1CCCN1CC1=C(c2ccc3ccccc3c2)C2CCC1C2. The minimum Gasteiger partial charge on any atom is -0.395 e. The summed E-state index contributed by atoms with van der Waals surface area (Å²) in [5.41, 5.74) is 4.78. The number of hydrogen-bond acceptors (Lipinski definition) is 2. The summed E-state index contributed by atoms with van der Waals surface area (Å²) in [6, 6.07) is 16.1. The zero-order chi connectivity index (χ0) is 16.8. The van der Waals surface area contributed by atoms with E-state index >= 15 is 0 Å². The van der Waals surface area contributed by atoms with E-state index in [1.54, 1.807) is 11.1 Å². The number of hydrogen-bond donors (Lipinski definition) is 1. The maximum Gasteiger partial charge on any atom is 0.0587 e. The van der Waals surface area contributed by atoms with Crippen LogP contribution in [-0.2, 0) is 0 Å². The number of likely N-dealkylation sites (tertiary alicyclic amines) is 1. The Labute approximate surface area is 150 Å². The molecule has 2 heteroatoms. The summed E-state index contributed by atoms with van der Waals surface area (Å²) >= 11 is 0. The normalized spacial score (nSPS) is 29.2. The van der Waals surface area contributed by atoms with E-state index in [9.17, 15) is 5.11 Å². The largest absolute Gasteiger partial charge is 0.395 e. The number of nitrogens with zero attached hydrogens (tertiary/aromatic N) is 1. The highest BCUT2D eigenvalue weighted by Crippen LogP contribution is 2.53. The van der Waals surface area contributed by atoms with Gasteiger partial charge in [-0.2, -0.15) is 0 Å². The summed E-state index contributed by atoms with van der Waals surface area (Å²) in [6.45, 7) is 2.54. The summed E-state index contributed by atoms with van der Waals surface area (Å²) in [5.74, 6) is 1.54. The molecule has 2 fully saturated rings. The van der Waals surface area contributed by atoms with E-state index in [2.05, 4.69) is 47.4 Å². The molecule has 1 N–H and O–H groups in total. The van der Waals surface area contributed by atoms with E-state index in [1.807, 2.05) is 0 Å². The number of rotatable bonds is 4. The highest BCUT2D eigenvalue weighted by molar-refractivity contribution is 5.87. The third kappa shape index (κ3) is 2.63. The molecule has 0 radical (unpaired) electrons. The Morgan fingerprint density at radius 1 is 0.960 bits per heavy atom. The third-order valence-electron chi connectivity index (χ3n) is 6.82. The first kappa shape index (κ1) is 15.6. The van der Waals surface area contributed by atoms with E-state index in [-0.39, 0.29) is 0 Å². The zero-order valence-corrected chi connectivity index (χ0v) is 14.8. The molecule has 3 atom stereocenters. The average Bonchev–Trinajstić information content (AvgIpc) is 3.37. The van der Waals surface area contributed by atoms with Gasteiger partial charge in [-0.1, -0.05) is 36.4 Å². The van der Waals surface area contributed by atoms with Gasteiger partial charge in [-0.05, 0) is 84.0 Å². The number of benzene rings is 2. The van der Waals surface area contributed by atoms with Gasteiger partial charge >= 0.3 is 0 Å². The predicted molar refractivity (Wildman–Crippen MR) is 103 cm³/mol. The molecule has 25 heavy (non-hydrogen) atoms. The van der Waals surface area contributed by atoms with E-state index in [0.29, 0.717) is 12.6 Å². The first-order chi connectivity index (χ1) is 12.3. The summed E-state index contributed by atoms with van der Waals surface area (Å²) in [5, 5.41) is 12.4. The van der Waals surface area contributed by atoms with E-state index < -0.39 is 0 Å². The standard InChI is InChI=1S/C23H27NO/c25-15-21-6-3-11-24(21)14-22-18-8-10-20(13-18)23(22)19-9-7-16-4-1-2-5-17(16)12-19/h1-2,4-5,7,9,12,18,20-21,25H,3,6,8,10-11,13-15H2. The minimum atomic E-state index is 0.312. The van der Waals surface area contributed by atoms with Crippen LogP contribution in [0.1, 0.15) is 37.7 Å². The van der Waals surface area contributed by atoms with Gasteiger partial charge in [-0.25, -0.2) is 0 Å². The molecule has 1 aliphatic heterocycles. The van der Waals surface area contributed by atoms with Crippen LogP contribution in [0.3, 0.4) is 0 Å². The molecule has 0 aromatic heterocycles. The lowest BCUT2D eigenvalue weighted by atomic mass is 9.86. The van der Waals surface area contributed by atoms with Crippen LogP contribution in [0.2, 0.25) is 0 Å². The van der Waals surface area contributed by atoms with Crippen molar-refractivity contribution < 1.29 is 5.11 Å². The highest BCUT2D eigenvalue weighted by atomic mass is 16.3. The van der Waals surface area contributed by atoms with Crippen LogP contribution in [0.5, 0.6) is 0 Å². The van der Waals surface area contributed by atoms with Crippen molar-refractivity contribution in [3.05, 3.63) is 53.6 Å². The summed E-state index contributed by atoms with van der Waals surface area (Å²) < 4.78 is 0. The first-order valence-corrected chi connectivity index (χ1v) is 9.90. The first-order valence-electron chi connectivity index (χ1n) is 9.90. The van der Waals surface area contributed by atoms with Crippen molar-refractivity contribution in [1.29, 1.82) is 0 Å². The molecule has 1 saturated heterocycles. The second-order valence-corrected chi connectivity index (χ2v) is 8.16. The number of aliphatic hydroxyl groups is 1. The Morgan fingerprint density at radius 2 is 1.80 bits per heavy atom. The monoisotopic (exact) mass is 333 g/mol. The van der Waals surface area contributed by atoms with Crippen molar-refractivity contribution in [2.24, 2.45) is 11.8 Å². The van der Waals surface area contributed by atoms with Crippen LogP contribution < -0.4 is 0 Å². The summed E-state index contributed by atoms with van der Waals surface area (Å²) in [7, 11) is 0. The van der Waals surface area contributed by atoms with Gasteiger partial charge in [0.2, 0.25) is 0 Å². The van der Waals surface area contributed by atoms with Gasteiger partial charge in [0.25, 0.3) is 0 Å². The average molecular weight is 333 g/mol. The summed E-state index contributed by atoms with van der Waals surface area (Å²) in [6.07, 6.45) is 6.48. The maximum absolute atomic E-state index is 9.69. The molecule has 1 saturated carbocycles. The lowest BCUT2D eigenvalue weighted by Crippen LogP contribution is -2.34. The smallest absolute Gasteiger partial charge is 0.0587 e. The summed E-state index contributed by atoms with van der Waals surface area (Å²) in [4.78, 5) is 2.54. The second-order valence-electron chi connectivity index (χ2n) is 8.16. The Hall–Kier alpha value is -1.64. The topological polar surface area (TPSA) is 23.5 Å². The second kappa shape index (κ2) is 6.26. The fourth-order valence-corrected chi connectivity index (χ4v) is 5.56. The molecule has 2 aromatic rings. The van der Waals surface area contributed by atoms with Crippen molar-refractivity contribution in [1.82, 2.24) is 4.90 Å². The fourth-order valence-electron chi connectivity index (χ4n) is 5.56. The van der Waals surface area contributed by atoms with Crippen LogP contribution in [0, 0.1) is 11.8 Å². The number of aliphatic hydroxyl groups excluding tert-OH is 1. The molecule has 3 aliphatic rings. The van der Waals surface area contributed by atoms with E-state index in [1.165, 1.54) is 42.0 Å². The molecule has 0 amide bonds. The number of fused-ring (bicyclic) bond motifs is 3. The van der Waals surface area contributed by atoms with E-state index in [4.69, 9.17) is 0 Å². The van der Waals surface area contributed by atoms with Crippen molar-refractivity contribution >= 4 is 16.3 Å². The van der Waals surface area contributed by atoms with Gasteiger partial charge in [0.05, 0.1) is 6.61 Å². The molecular formula is C23H27NO. The maximum atomic E-state index is 9.69. The van der Waals surface area contributed by atoms with Crippen LogP contribution in [-0.4, -0.2) is 35.7 Å². The molecule has 0 spiro atoms. The molecule has 2 aromatic carbocycles. The van der Waals surface area contributed by atoms with Gasteiger partial charge in [-0.15, -0.1) is 0 Å².